The van der Waals surface area contributed by atoms with E-state index in [1.54, 1.807) is 13.2 Å². The number of aryl methyl sites for hydroxylation is 2. The topological polar surface area (TPSA) is 66.4 Å². The third kappa shape index (κ3) is 3.58. The van der Waals surface area contributed by atoms with Crippen molar-refractivity contribution in [3.05, 3.63) is 64.1 Å². The zero-order chi connectivity index (χ0) is 18.0. The quantitative estimate of drug-likeness (QED) is 0.901. The molecule has 2 amide bonds. The van der Waals surface area contributed by atoms with Crippen molar-refractivity contribution in [2.75, 3.05) is 18.9 Å². The maximum atomic E-state index is 12.5. The van der Waals surface area contributed by atoms with E-state index in [2.05, 4.69) is 34.7 Å². The summed E-state index contributed by atoms with van der Waals surface area (Å²) >= 11 is 0. The lowest BCUT2D eigenvalue weighted by molar-refractivity contribution is 0.240. The normalized spacial score (nSPS) is 20.4. The van der Waals surface area contributed by atoms with Gasteiger partial charge in [0, 0.05) is 19.8 Å². The number of hydrogen-bond donors (Lipinski definition) is 2. The molecule has 1 aromatic carbocycles. The average molecular weight is 340 g/mol. The summed E-state index contributed by atoms with van der Waals surface area (Å²) in [5.74, 6) is 0. The third-order valence-corrected chi connectivity index (χ3v) is 4.82. The summed E-state index contributed by atoms with van der Waals surface area (Å²) in [6.07, 6.45) is 2.56. The molecule has 0 bridgehead atoms. The third-order valence-electron chi connectivity index (χ3n) is 4.82. The Balaban J connectivity index is 1.75. The van der Waals surface area contributed by atoms with Crippen LogP contribution < -0.4 is 16.2 Å². The highest BCUT2D eigenvalue weighted by Gasteiger charge is 2.34. The number of urea groups is 1. The predicted molar refractivity (Wildman–Crippen MR) is 98.8 cm³/mol. The molecule has 0 aliphatic carbocycles. The van der Waals surface area contributed by atoms with Crippen molar-refractivity contribution in [1.29, 1.82) is 0 Å². The van der Waals surface area contributed by atoms with Crippen LogP contribution in [0.4, 0.5) is 10.5 Å². The van der Waals surface area contributed by atoms with Gasteiger partial charge >= 0.3 is 6.03 Å². The number of anilines is 1. The first-order valence-corrected chi connectivity index (χ1v) is 8.46. The molecule has 0 spiro atoms. The standard InChI is InChI=1S/C19H24N4O2/c1-13-9-11-23(3)18(24)16(13)21-19(25)20-15-10-12-22(2)17(15)14-7-5-4-6-8-14/h4-9,11,15,17H,10,12H2,1-3H3,(H2,20,21,25)/t15-,17-/m1/s1. The van der Waals surface area contributed by atoms with Crippen LogP contribution in [0.5, 0.6) is 0 Å². The summed E-state index contributed by atoms with van der Waals surface area (Å²) in [6.45, 7) is 2.73. The minimum absolute atomic E-state index is 0.000250. The van der Waals surface area contributed by atoms with Crippen molar-refractivity contribution in [3.63, 3.8) is 0 Å². The van der Waals surface area contributed by atoms with Gasteiger partial charge in [0.05, 0.1) is 12.1 Å². The molecule has 1 saturated heterocycles. The fourth-order valence-corrected chi connectivity index (χ4v) is 3.42. The molecule has 2 aromatic rings. The highest BCUT2D eigenvalue weighted by Crippen LogP contribution is 2.30. The first-order valence-electron chi connectivity index (χ1n) is 8.46. The van der Waals surface area contributed by atoms with E-state index in [-0.39, 0.29) is 23.7 Å². The molecule has 1 aliphatic heterocycles. The lowest BCUT2D eigenvalue weighted by Crippen LogP contribution is -2.42. The van der Waals surface area contributed by atoms with Gasteiger partial charge in [-0.25, -0.2) is 4.79 Å². The van der Waals surface area contributed by atoms with Crippen LogP contribution in [-0.2, 0) is 7.05 Å². The Hall–Kier alpha value is -2.60. The van der Waals surface area contributed by atoms with Gasteiger partial charge in [0.2, 0.25) is 0 Å². The van der Waals surface area contributed by atoms with Crippen molar-refractivity contribution in [1.82, 2.24) is 14.8 Å². The highest BCUT2D eigenvalue weighted by molar-refractivity contribution is 5.90. The van der Waals surface area contributed by atoms with Crippen molar-refractivity contribution < 1.29 is 4.79 Å². The van der Waals surface area contributed by atoms with Crippen LogP contribution >= 0.6 is 0 Å². The number of benzene rings is 1. The van der Waals surface area contributed by atoms with Gasteiger partial charge in [0.25, 0.3) is 5.56 Å². The van der Waals surface area contributed by atoms with Crippen molar-refractivity contribution in [3.8, 4) is 0 Å². The summed E-state index contributed by atoms with van der Waals surface area (Å²) in [6, 6.07) is 11.8. The molecule has 0 radical (unpaired) electrons. The van der Waals surface area contributed by atoms with Gasteiger partial charge in [-0.1, -0.05) is 30.3 Å². The Morgan fingerprint density at radius 2 is 1.88 bits per heavy atom. The Morgan fingerprint density at radius 1 is 1.16 bits per heavy atom. The van der Waals surface area contributed by atoms with Crippen LogP contribution in [-0.4, -0.2) is 35.1 Å². The molecule has 2 N–H and O–H groups in total. The lowest BCUT2D eigenvalue weighted by atomic mass is 10.0. The lowest BCUT2D eigenvalue weighted by Gasteiger charge is -2.26. The van der Waals surface area contributed by atoms with E-state index in [9.17, 15) is 9.59 Å². The van der Waals surface area contributed by atoms with Gasteiger partial charge in [-0.2, -0.15) is 0 Å². The number of rotatable bonds is 3. The Kier molecular flexibility index (Phi) is 4.90. The SMILES string of the molecule is Cc1ccn(C)c(=O)c1NC(=O)N[C@@H]1CCN(C)[C@@H]1c1ccccc1. The Bertz CT molecular complexity index is 816. The number of nitrogens with one attached hydrogen (secondary N) is 2. The number of carbonyl (C=O) groups excluding carboxylic acids is 1. The van der Waals surface area contributed by atoms with E-state index in [1.165, 1.54) is 10.1 Å². The van der Waals surface area contributed by atoms with Crippen molar-refractivity contribution >= 4 is 11.7 Å². The molecule has 0 unspecified atom stereocenters. The smallest absolute Gasteiger partial charge is 0.319 e. The summed E-state index contributed by atoms with van der Waals surface area (Å²) in [5.41, 5.74) is 2.05. The number of hydrogen-bond acceptors (Lipinski definition) is 3. The fraction of sp³-hybridized carbons (Fsp3) is 0.368. The number of amides is 2. The second-order valence-electron chi connectivity index (χ2n) is 6.62. The van der Waals surface area contributed by atoms with Gasteiger partial charge < -0.3 is 15.2 Å². The molecule has 1 fully saturated rings. The summed E-state index contributed by atoms with van der Waals surface area (Å²) in [7, 11) is 3.73. The van der Waals surface area contributed by atoms with Crippen LogP contribution in [0.1, 0.15) is 23.6 Å². The van der Waals surface area contributed by atoms with E-state index in [4.69, 9.17) is 0 Å². The largest absolute Gasteiger partial charge is 0.333 e. The molecular formula is C19H24N4O2. The van der Waals surface area contributed by atoms with Gasteiger partial charge in [-0.3, -0.25) is 9.69 Å². The number of pyridine rings is 1. The van der Waals surface area contributed by atoms with Gasteiger partial charge in [0.1, 0.15) is 5.69 Å². The predicted octanol–water partition coefficient (Wildman–Crippen LogP) is 2.26. The monoisotopic (exact) mass is 340 g/mol. The summed E-state index contributed by atoms with van der Waals surface area (Å²) in [5, 5.41) is 5.77. The minimum Gasteiger partial charge on any atom is -0.333 e. The fourth-order valence-electron chi connectivity index (χ4n) is 3.42. The van der Waals surface area contributed by atoms with Gasteiger partial charge in [-0.15, -0.1) is 0 Å². The second kappa shape index (κ2) is 7.11. The number of likely N-dealkylation sites (tertiary alicyclic amines) is 1. The molecule has 25 heavy (non-hydrogen) atoms. The number of carbonyl (C=O) groups is 1. The highest BCUT2D eigenvalue weighted by atomic mass is 16.2. The van der Waals surface area contributed by atoms with Crippen LogP contribution in [0.2, 0.25) is 0 Å². The minimum atomic E-state index is -0.340. The Morgan fingerprint density at radius 3 is 2.60 bits per heavy atom. The molecule has 3 rings (SSSR count). The first-order chi connectivity index (χ1) is 12.0. The molecule has 1 aliphatic rings. The van der Waals surface area contributed by atoms with E-state index < -0.39 is 0 Å². The second-order valence-corrected chi connectivity index (χ2v) is 6.62. The molecular weight excluding hydrogens is 316 g/mol. The van der Waals surface area contributed by atoms with Crippen molar-refractivity contribution in [2.24, 2.45) is 7.05 Å². The van der Waals surface area contributed by atoms with Crippen LogP contribution in [0.15, 0.2) is 47.4 Å². The van der Waals surface area contributed by atoms with E-state index in [0.29, 0.717) is 5.69 Å². The zero-order valence-electron chi connectivity index (χ0n) is 14.8. The average Bonchev–Trinajstić information content (AvgIpc) is 2.96. The Labute approximate surface area is 147 Å². The first kappa shape index (κ1) is 17.2. The summed E-state index contributed by atoms with van der Waals surface area (Å²) in [4.78, 5) is 26.9. The molecule has 6 heteroatoms. The van der Waals surface area contributed by atoms with E-state index in [0.717, 1.165) is 18.5 Å². The number of nitrogens with zero attached hydrogens (tertiary/aromatic N) is 2. The summed E-state index contributed by atoms with van der Waals surface area (Å²) < 4.78 is 1.46. The van der Waals surface area contributed by atoms with E-state index >= 15 is 0 Å². The molecule has 1 aromatic heterocycles. The molecule has 6 nitrogen and oxygen atoms in total. The maximum absolute atomic E-state index is 12.5. The number of likely N-dealkylation sites (N-methyl/N-ethyl adjacent to an activating group) is 1. The van der Waals surface area contributed by atoms with Crippen LogP contribution in [0.3, 0.4) is 0 Å². The maximum Gasteiger partial charge on any atom is 0.319 e. The van der Waals surface area contributed by atoms with Gasteiger partial charge in [0.15, 0.2) is 0 Å². The van der Waals surface area contributed by atoms with Gasteiger partial charge in [-0.05, 0) is 37.6 Å². The van der Waals surface area contributed by atoms with Crippen LogP contribution in [0, 0.1) is 6.92 Å². The van der Waals surface area contributed by atoms with Crippen LogP contribution in [0.25, 0.3) is 0 Å². The molecule has 132 valence electrons. The molecule has 0 saturated carbocycles. The van der Waals surface area contributed by atoms with E-state index in [1.807, 2.05) is 31.2 Å². The zero-order valence-corrected chi connectivity index (χ0v) is 14.8. The van der Waals surface area contributed by atoms with Crippen molar-refractivity contribution in [2.45, 2.75) is 25.4 Å². The molecule has 2 heterocycles. The number of aromatic nitrogens is 1. The molecule has 2 atom stereocenters.